The first kappa shape index (κ1) is 9.33. The molecule has 0 aromatic rings. The third kappa shape index (κ3) is 1.83. The van der Waals surface area contributed by atoms with Crippen molar-refractivity contribution in [1.29, 1.82) is 0 Å². The maximum atomic E-state index is 10.3. The lowest BCUT2D eigenvalue weighted by molar-refractivity contribution is -0.131. The minimum absolute atomic E-state index is 0.196. The van der Waals surface area contributed by atoms with Crippen molar-refractivity contribution in [2.45, 2.75) is 0 Å². The summed E-state index contributed by atoms with van der Waals surface area (Å²) in [5.74, 6) is -1.20. The third-order valence-corrected chi connectivity index (χ3v) is 2.04. The first-order valence-corrected chi connectivity index (χ1v) is 4.28. The average Bonchev–Trinajstić information content (AvgIpc) is 2.57. The van der Waals surface area contributed by atoms with Crippen LogP contribution in [0.15, 0.2) is 35.0 Å². The van der Waals surface area contributed by atoms with Crippen LogP contribution in [0.1, 0.15) is 5.56 Å². The fourth-order valence-corrected chi connectivity index (χ4v) is 1.38. The van der Waals surface area contributed by atoms with Crippen molar-refractivity contribution in [2.24, 2.45) is 0 Å². The average molecular weight is 204 g/mol. The van der Waals surface area contributed by atoms with E-state index >= 15 is 0 Å². The lowest BCUT2D eigenvalue weighted by atomic mass is 10.1. The van der Waals surface area contributed by atoms with E-state index in [0.29, 0.717) is 0 Å². The van der Waals surface area contributed by atoms with E-state index in [1.807, 2.05) is 0 Å². The Morgan fingerprint density at radius 3 is 2.93 bits per heavy atom. The van der Waals surface area contributed by atoms with Gasteiger partial charge < -0.3 is 14.6 Å². The van der Waals surface area contributed by atoms with Gasteiger partial charge in [-0.2, -0.15) is 0 Å². The molecule has 76 valence electrons. The van der Waals surface area contributed by atoms with E-state index in [0.717, 1.165) is 22.8 Å². The largest absolute Gasteiger partial charge is 0.481 e. The van der Waals surface area contributed by atoms with E-state index in [1.165, 1.54) is 18.4 Å². The molecule has 0 aromatic heterocycles. The van der Waals surface area contributed by atoms with Crippen LogP contribution in [0.25, 0.3) is 17.2 Å². The van der Waals surface area contributed by atoms with Crippen LogP contribution >= 0.6 is 0 Å². The van der Waals surface area contributed by atoms with Gasteiger partial charge in [-0.3, -0.25) is 0 Å². The normalized spacial score (nSPS) is 11.2. The topological polar surface area (TPSA) is 70.7 Å². The maximum Gasteiger partial charge on any atom is 0.328 e. The number of aliphatic carboxylic acids is 1. The fraction of sp³-hybridized carbons (Fsp3) is 0. The molecule has 0 bridgehead atoms. The SMILES string of the molecule is O=C(O)C=Cc1ccc2coc(O)cc1-2. The summed E-state index contributed by atoms with van der Waals surface area (Å²) in [6, 6.07) is 5.01. The highest BCUT2D eigenvalue weighted by Gasteiger charge is 2.09. The monoisotopic (exact) mass is 204 g/mol. The Morgan fingerprint density at radius 1 is 1.40 bits per heavy atom. The van der Waals surface area contributed by atoms with E-state index in [1.54, 1.807) is 12.1 Å². The number of fused-ring (bicyclic) bond motifs is 1. The highest BCUT2D eigenvalue weighted by molar-refractivity contribution is 5.88. The van der Waals surface area contributed by atoms with Crippen molar-refractivity contribution >= 4 is 12.0 Å². The van der Waals surface area contributed by atoms with Gasteiger partial charge in [0.15, 0.2) is 0 Å². The number of hydrogen-bond acceptors (Lipinski definition) is 3. The minimum atomic E-state index is -1.01. The van der Waals surface area contributed by atoms with Gasteiger partial charge in [-0.25, -0.2) is 4.79 Å². The van der Waals surface area contributed by atoms with Gasteiger partial charge >= 0.3 is 5.97 Å². The Bertz CT molecular complexity index is 496. The van der Waals surface area contributed by atoms with Crippen LogP contribution < -0.4 is 0 Å². The predicted molar refractivity (Wildman–Crippen MR) is 53.7 cm³/mol. The van der Waals surface area contributed by atoms with Crippen molar-refractivity contribution in [3.05, 3.63) is 36.1 Å². The first-order chi connectivity index (χ1) is 7.16. The predicted octanol–water partition coefficient (Wildman–Crippen LogP) is 2.19. The van der Waals surface area contributed by atoms with Gasteiger partial charge in [-0.15, -0.1) is 0 Å². The Labute approximate surface area is 85.4 Å². The molecule has 0 spiro atoms. The Hall–Kier alpha value is -2.23. The maximum absolute atomic E-state index is 10.3. The van der Waals surface area contributed by atoms with Gasteiger partial charge in [0, 0.05) is 17.7 Å². The van der Waals surface area contributed by atoms with Crippen LogP contribution in [0.2, 0.25) is 0 Å². The lowest BCUT2D eigenvalue weighted by Gasteiger charge is -1.99. The first-order valence-electron chi connectivity index (χ1n) is 4.28. The molecule has 1 heterocycles. The fourth-order valence-electron chi connectivity index (χ4n) is 1.38. The zero-order valence-electron chi connectivity index (χ0n) is 7.68. The molecule has 4 nitrogen and oxygen atoms in total. The summed E-state index contributed by atoms with van der Waals surface area (Å²) < 4.78 is 4.79. The van der Waals surface area contributed by atoms with Gasteiger partial charge in [-0.1, -0.05) is 12.1 Å². The van der Waals surface area contributed by atoms with Gasteiger partial charge in [-0.05, 0) is 17.2 Å². The van der Waals surface area contributed by atoms with Crippen molar-refractivity contribution in [2.75, 3.05) is 0 Å². The van der Waals surface area contributed by atoms with E-state index < -0.39 is 5.97 Å². The zero-order valence-corrected chi connectivity index (χ0v) is 7.68. The zero-order chi connectivity index (χ0) is 10.8. The van der Waals surface area contributed by atoms with E-state index in [-0.39, 0.29) is 5.95 Å². The van der Waals surface area contributed by atoms with Gasteiger partial charge in [0.1, 0.15) is 6.26 Å². The second-order valence-corrected chi connectivity index (χ2v) is 3.05. The van der Waals surface area contributed by atoms with Gasteiger partial charge in [0.2, 0.25) is 0 Å². The number of carboxylic acids is 1. The van der Waals surface area contributed by atoms with Crippen LogP contribution in [-0.2, 0) is 4.79 Å². The molecule has 0 saturated carbocycles. The highest BCUT2D eigenvalue weighted by atomic mass is 16.5. The Balaban J connectivity index is 2.46. The van der Waals surface area contributed by atoms with E-state index in [9.17, 15) is 4.79 Å². The third-order valence-electron chi connectivity index (χ3n) is 2.04. The summed E-state index contributed by atoms with van der Waals surface area (Å²) >= 11 is 0. The van der Waals surface area contributed by atoms with E-state index in [4.69, 9.17) is 14.6 Å². The van der Waals surface area contributed by atoms with Crippen molar-refractivity contribution in [3.63, 3.8) is 0 Å². The molecule has 0 aromatic carbocycles. The summed E-state index contributed by atoms with van der Waals surface area (Å²) in [7, 11) is 0. The molecular formula is C11H8O4. The minimum Gasteiger partial charge on any atom is -0.481 e. The van der Waals surface area contributed by atoms with Gasteiger partial charge in [0.25, 0.3) is 5.95 Å². The molecule has 0 atom stereocenters. The molecule has 0 radical (unpaired) electrons. The number of carboxylic acid groups (broad SMARTS) is 1. The molecule has 2 N–H and O–H groups in total. The molecular weight excluding hydrogens is 196 g/mol. The summed E-state index contributed by atoms with van der Waals surface area (Å²) in [6.07, 6.45) is 3.95. The second-order valence-electron chi connectivity index (χ2n) is 3.05. The Kier molecular flexibility index (Phi) is 2.17. The van der Waals surface area contributed by atoms with Crippen LogP contribution in [0.4, 0.5) is 0 Å². The summed E-state index contributed by atoms with van der Waals surface area (Å²) in [5.41, 5.74) is 2.31. The molecule has 0 amide bonds. The smallest absolute Gasteiger partial charge is 0.328 e. The lowest BCUT2D eigenvalue weighted by Crippen LogP contribution is -1.85. The van der Waals surface area contributed by atoms with Crippen molar-refractivity contribution < 1.29 is 19.4 Å². The van der Waals surface area contributed by atoms with Crippen LogP contribution in [0, 0.1) is 0 Å². The summed E-state index contributed by atoms with van der Waals surface area (Å²) in [4.78, 5) is 10.3. The van der Waals surface area contributed by atoms with Crippen molar-refractivity contribution in [1.82, 2.24) is 0 Å². The number of aromatic hydroxyl groups is 1. The molecule has 0 saturated heterocycles. The molecule has 4 heteroatoms. The molecule has 15 heavy (non-hydrogen) atoms. The summed E-state index contributed by atoms with van der Waals surface area (Å²) in [6.45, 7) is 0. The molecule has 0 fully saturated rings. The van der Waals surface area contributed by atoms with Crippen LogP contribution in [0.3, 0.4) is 0 Å². The second kappa shape index (κ2) is 3.49. The van der Waals surface area contributed by atoms with Gasteiger partial charge in [0.05, 0.1) is 0 Å². The molecule has 1 aliphatic carbocycles. The number of carbonyl (C=O) groups is 1. The number of hydrogen-bond donors (Lipinski definition) is 2. The quantitative estimate of drug-likeness (QED) is 0.735. The Morgan fingerprint density at radius 2 is 2.20 bits per heavy atom. The molecule has 2 rings (SSSR count). The van der Waals surface area contributed by atoms with E-state index in [2.05, 4.69) is 0 Å². The summed E-state index contributed by atoms with van der Waals surface area (Å²) in [5, 5.41) is 17.6. The number of rotatable bonds is 2. The van der Waals surface area contributed by atoms with Crippen molar-refractivity contribution in [3.8, 4) is 17.1 Å². The molecule has 0 unspecified atom stereocenters. The molecule has 2 aliphatic rings. The van der Waals surface area contributed by atoms with Crippen LogP contribution in [-0.4, -0.2) is 16.2 Å². The van der Waals surface area contributed by atoms with Crippen LogP contribution in [0.5, 0.6) is 5.95 Å². The standard InChI is InChI=1S/C11H8O4/c12-10(13)4-3-7-1-2-8-6-15-11(14)5-9(7)8/h1-6,14H,(H,12,13). The highest BCUT2D eigenvalue weighted by Crippen LogP contribution is 2.31. The molecule has 1 aliphatic heterocycles.